The molecule has 2 aliphatic rings. The molecule has 4 rings (SSSR count). The second-order valence-electron chi connectivity index (χ2n) is 7.90. The fraction of sp³-hybridized carbons (Fsp3) is 0.381. The van der Waals surface area contributed by atoms with Crippen molar-refractivity contribution in [2.24, 2.45) is 0 Å². The van der Waals surface area contributed by atoms with Gasteiger partial charge in [0.2, 0.25) is 10.0 Å². The summed E-state index contributed by atoms with van der Waals surface area (Å²) in [4.78, 5) is 25.0. The molecule has 2 aliphatic heterocycles. The summed E-state index contributed by atoms with van der Waals surface area (Å²) in [5, 5.41) is 10.9. The number of rotatable bonds is 4. The molecule has 2 fully saturated rings. The Morgan fingerprint density at radius 1 is 1.12 bits per heavy atom. The summed E-state index contributed by atoms with van der Waals surface area (Å²) in [6.45, 7) is 2.96. The number of nitro groups is 1. The Morgan fingerprint density at radius 3 is 2.38 bits per heavy atom. The van der Waals surface area contributed by atoms with Crippen LogP contribution in [-0.2, 0) is 14.8 Å². The van der Waals surface area contributed by atoms with Crippen molar-refractivity contribution in [1.82, 2.24) is 9.21 Å². The molecule has 2 aromatic rings. The number of benzene rings is 2. The second kappa shape index (κ2) is 8.43. The Labute approximate surface area is 190 Å². The third-order valence-corrected chi connectivity index (χ3v) is 8.23. The van der Waals surface area contributed by atoms with Crippen LogP contribution in [-0.4, -0.2) is 60.4 Å². The van der Waals surface area contributed by atoms with Gasteiger partial charge in [0, 0.05) is 44.6 Å². The van der Waals surface area contributed by atoms with Crippen LogP contribution < -0.4 is 0 Å². The van der Waals surface area contributed by atoms with Crippen LogP contribution in [0.5, 0.6) is 0 Å². The maximum atomic E-state index is 13.3. The molecule has 32 heavy (non-hydrogen) atoms. The Balaban J connectivity index is 1.51. The summed E-state index contributed by atoms with van der Waals surface area (Å²) < 4.78 is 33.9. The average Bonchev–Trinajstić information content (AvgIpc) is 3.18. The fourth-order valence-corrected chi connectivity index (χ4v) is 6.16. The minimum atomic E-state index is -3.75. The van der Waals surface area contributed by atoms with Gasteiger partial charge in [0.25, 0.3) is 11.6 Å². The molecule has 9 nitrogen and oxygen atoms in total. The number of piperidine rings is 1. The first-order valence-corrected chi connectivity index (χ1v) is 11.9. The van der Waals surface area contributed by atoms with Gasteiger partial charge in [0.1, 0.15) is 5.72 Å². The lowest BCUT2D eigenvalue weighted by Gasteiger charge is -2.42. The highest BCUT2D eigenvalue weighted by molar-refractivity contribution is 7.89. The molecule has 170 valence electrons. The van der Waals surface area contributed by atoms with E-state index in [1.807, 2.05) is 6.92 Å². The zero-order valence-electron chi connectivity index (χ0n) is 17.4. The molecule has 0 unspecified atom stereocenters. The minimum Gasteiger partial charge on any atom is -0.358 e. The van der Waals surface area contributed by atoms with Gasteiger partial charge in [-0.1, -0.05) is 29.3 Å². The Bertz CT molecular complexity index is 1160. The number of carbonyl (C=O) groups excluding carboxylic acids is 1. The Morgan fingerprint density at radius 2 is 1.78 bits per heavy atom. The first-order valence-electron chi connectivity index (χ1n) is 10.1. The van der Waals surface area contributed by atoms with Crippen molar-refractivity contribution in [3.05, 3.63) is 68.7 Å². The number of non-ortho nitro benzene ring substituents is 1. The third kappa shape index (κ3) is 3.99. The van der Waals surface area contributed by atoms with Crippen LogP contribution in [0.1, 0.15) is 28.8 Å². The number of carbonyl (C=O) groups is 1. The fourth-order valence-electron chi connectivity index (χ4n) is 4.19. The maximum absolute atomic E-state index is 13.3. The van der Waals surface area contributed by atoms with Crippen LogP contribution in [0.15, 0.2) is 47.4 Å². The number of likely N-dealkylation sites (tertiary alicyclic amines) is 1. The molecule has 0 N–H and O–H groups in total. The van der Waals surface area contributed by atoms with E-state index in [0.717, 1.165) is 11.6 Å². The number of amides is 1. The molecule has 0 saturated carbocycles. The van der Waals surface area contributed by atoms with E-state index in [-0.39, 0.29) is 53.3 Å². The van der Waals surface area contributed by atoms with Gasteiger partial charge in [0.05, 0.1) is 27.0 Å². The van der Waals surface area contributed by atoms with Gasteiger partial charge in [-0.05, 0) is 25.1 Å². The number of hydrogen-bond acceptors (Lipinski definition) is 6. The van der Waals surface area contributed by atoms with Gasteiger partial charge in [0.15, 0.2) is 0 Å². The number of aryl methyl sites for hydroxylation is 1. The lowest BCUT2D eigenvalue weighted by atomic mass is 10.00. The van der Waals surface area contributed by atoms with Crippen molar-refractivity contribution in [3.63, 3.8) is 0 Å². The van der Waals surface area contributed by atoms with E-state index in [0.29, 0.717) is 12.8 Å². The van der Waals surface area contributed by atoms with Gasteiger partial charge < -0.3 is 9.64 Å². The first-order chi connectivity index (χ1) is 15.1. The van der Waals surface area contributed by atoms with Crippen LogP contribution in [0.25, 0.3) is 0 Å². The van der Waals surface area contributed by atoms with E-state index >= 15 is 0 Å². The van der Waals surface area contributed by atoms with E-state index in [1.54, 1.807) is 29.2 Å². The van der Waals surface area contributed by atoms with Crippen molar-refractivity contribution in [3.8, 4) is 0 Å². The molecule has 1 spiro atoms. The van der Waals surface area contributed by atoms with Crippen LogP contribution in [0.3, 0.4) is 0 Å². The highest BCUT2D eigenvalue weighted by Gasteiger charge is 2.51. The molecular weight excluding hydrogens is 458 g/mol. The highest BCUT2D eigenvalue weighted by atomic mass is 35.5. The molecule has 0 aromatic heterocycles. The Kier molecular flexibility index (Phi) is 5.97. The standard InChI is InChI=1S/C21H22ClN3O6S/c1-15-2-5-17(6-3-15)32(29,30)24-12-13-31-21(24)8-10-23(11-9-21)20(26)18-7-4-16(25(27)28)14-19(18)22/h2-7,14H,8-13H2,1H3. The number of nitro benzene ring substituents is 1. The number of ether oxygens (including phenoxy) is 1. The molecular formula is C21H22ClN3O6S. The smallest absolute Gasteiger partial charge is 0.270 e. The molecule has 0 aliphatic carbocycles. The molecule has 11 heteroatoms. The van der Waals surface area contributed by atoms with Crippen LogP contribution >= 0.6 is 11.6 Å². The van der Waals surface area contributed by atoms with Crippen LogP contribution in [0.4, 0.5) is 5.69 Å². The molecule has 0 atom stereocenters. The largest absolute Gasteiger partial charge is 0.358 e. The minimum absolute atomic E-state index is 0.00479. The Hall–Kier alpha value is -2.53. The van der Waals surface area contributed by atoms with E-state index in [4.69, 9.17) is 16.3 Å². The molecule has 2 saturated heterocycles. The number of nitrogens with zero attached hydrogens (tertiary/aromatic N) is 3. The van der Waals surface area contributed by atoms with Crippen molar-refractivity contribution in [2.45, 2.75) is 30.4 Å². The van der Waals surface area contributed by atoms with Gasteiger partial charge in [-0.15, -0.1) is 0 Å². The quantitative estimate of drug-likeness (QED) is 0.492. The van der Waals surface area contributed by atoms with Crippen LogP contribution in [0, 0.1) is 17.0 Å². The van der Waals surface area contributed by atoms with E-state index in [1.165, 1.54) is 16.4 Å². The summed E-state index contributed by atoms with van der Waals surface area (Å²) >= 11 is 6.11. The van der Waals surface area contributed by atoms with Crippen LogP contribution in [0.2, 0.25) is 5.02 Å². The molecule has 2 heterocycles. The SMILES string of the molecule is Cc1ccc(S(=O)(=O)N2CCOC23CCN(C(=O)c2ccc([N+](=O)[O-])cc2Cl)CC3)cc1. The molecule has 1 amide bonds. The van der Waals surface area contributed by atoms with Crippen molar-refractivity contribution < 1.29 is 22.9 Å². The van der Waals surface area contributed by atoms with Crippen molar-refractivity contribution in [2.75, 3.05) is 26.2 Å². The second-order valence-corrected chi connectivity index (χ2v) is 10.2. The predicted molar refractivity (Wildman–Crippen MR) is 117 cm³/mol. The maximum Gasteiger partial charge on any atom is 0.270 e. The summed E-state index contributed by atoms with van der Waals surface area (Å²) in [5.74, 6) is -0.356. The highest BCUT2D eigenvalue weighted by Crippen LogP contribution is 2.39. The molecule has 0 bridgehead atoms. The van der Waals surface area contributed by atoms with E-state index < -0.39 is 20.7 Å². The summed E-state index contributed by atoms with van der Waals surface area (Å²) in [5.41, 5.74) is -0.0574. The van der Waals surface area contributed by atoms with E-state index in [2.05, 4.69) is 0 Å². The lowest BCUT2D eigenvalue weighted by Crippen LogP contribution is -2.55. The zero-order valence-corrected chi connectivity index (χ0v) is 18.9. The van der Waals surface area contributed by atoms with Crippen molar-refractivity contribution in [1.29, 1.82) is 0 Å². The monoisotopic (exact) mass is 479 g/mol. The summed E-state index contributed by atoms with van der Waals surface area (Å²) in [6, 6.07) is 10.4. The summed E-state index contributed by atoms with van der Waals surface area (Å²) in [6.07, 6.45) is 0.628. The topological polar surface area (TPSA) is 110 Å². The number of sulfonamides is 1. The zero-order chi connectivity index (χ0) is 23.1. The predicted octanol–water partition coefficient (Wildman–Crippen LogP) is 3.21. The molecule has 0 radical (unpaired) electrons. The number of hydrogen-bond donors (Lipinski definition) is 0. The normalized spacial score (nSPS) is 18.8. The average molecular weight is 480 g/mol. The number of halogens is 1. The van der Waals surface area contributed by atoms with Crippen molar-refractivity contribution >= 4 is 33.2 Å². The van der Waals surface area contributed by atoms with Gasteiger partial charge >= 0.3 is 0 Å². The first kappa shape index (κ1) is 22.7. The van der Waals surface area contributed by atoms with Gasteiger partial charge in [-0.25, -0.2) is 8.42 Å². The van der Waals surface area contributed by atoms with E-state index in [9.17, 15) is 23.3 Å². The van der Waals surface area contributed by atoms with Gasteiger partial charge in [-0.2, -0.15) is 4.31 Å². The third-order valence-electron chi connectivity index (χ3n) is 5.95. The van der Waals surface area contributed by atoms with Gasteiger partial charge in [-0.3, -0.25) is 14.9 Å². The molecule has 2 aromatic carbocycles. The summed E-state index contributed by atoms with van der Waals surface area (Å²) in [7, 11) is -3.75. The lowest BCUT2D eigenvalue weighted by molar-refractivity contribution is -0.384.